The molecule has 1 aliphatic carbocycles. The van der Waals surface area contributed by atoms with Gasteiger partial charge >= 0.3 is 11.8 Å². The lowest BCUT2D eigenvalue weighted by molar-refractivity contribution is -0.137. The van der Waals surface area contributed by atoms with E-state index in [2.05, 4.69) is 36.5 Å². The maximum Gasteiger partial charge on any atom is 0.314 e. The highest BCUT2D eigenvalue weighted by Gasteiger charge is 2.34. The van der Waals surface area contributed by atoms with Crippen molar-refractivity contribution in [3.8, 4) is 0 Å². The summed E-state index contributed by atoms with van der Waals surface area (Å²) < 4.78 is 1.84. The highest BCUT2D eigenvalue weighted by atomic mass is 32.2. The Morgan fingerprint density at radius 2 is 1.89 bits per heavy atom. The predicted octanol–water partition coefficient (Wildman–Crippen LogP) is 3.65. The molecule has 1 fully saturated rings. The second-order valence-electron chi connectivity index (χ2n) is 9.89. The number of rotatable bonds is 2. The van der Waals surface area contributed by atoms with Crippen LogP contribution in [-0.2, 0) is 26.6 Å². The third kappa shape index (κ3) is 4.50. The molecule has 1 aromatic heterocycles. The molecule has 2 N–H and O–H groups in total. The zero-order chi connectivity index (χ0) is 20.0. The topological polar surface area (TPSA) is 76.0 Å². The second kappa shape index (κ2) is 7.15. The molecule has 7 heteroatoms. The van der Waals surface area contributed by atoms with Gasteiger partial charge in [-0.2, -0.15) is 16.9 Å². The van der Waals surface area contributed by atoms with Crippen LogP contribution in [0.25, 0.3) is 0 Å². The molecule has 0 unspecified atom stereocenters. The zero-order valence-electron chi connectivity index (χ0n) is 17.3. The van der Waals surface area contributed by atoms with Crippen molar-refractivity contribution in [3.05, 3.63) is 11.3 Å². The van der Waals surface area contributed by atoms with Gasteiger partial charge in [0.2, 0.25) is 0 Å². The lowest BCUT2D eigenvalue weighted by atomic mass is 9.70. The van der Waals surface area contributed by atoms with Crippen LogP contribution in [0.2, 0.25) is 0 Å². The minimum atomic E-state index is -0.601. The van der Waals surface area contributed by atoms with Crippen molar-refractivity contribution >= 4 is 29.4 Å². The summed E-state index contributed by atoms with van der Waals surface area (Å²) in [5.41, 5.74) is 1.98. The summed E-state index contributed by atoms with van der Waals surface area (Å²) in [4.78, 5) is 25.2. The van der Waals surface area contributed by atoms with E-state index in [4.69, 9.17) is 0 Å². The number of nitrogens with one attached hydrogen (secondary N) is 2. The molecule has 6 nitrogen and oxygen atoms in total. The summed E-state index contributed by atoms with van der Waals surface area (Å²) >= 11 is 1.78. The number of aromatic nitrogens is 2. The number of fused-ring (bicyclic) bond motifs is 1. The fraction of sp³-hybridized carbons (Fsp3) is 0.750. The average Bonchev–Trinajstić information content (AvgIpc) is 3.06. The van der Waals surface area contributed by atoms with Crippen LogP contribution < -0.4 is 10.6 Å². The minimum absolute atomic E-state index is 0.0517. The maximum atomic E-state index is 12.6. The monoisotopic (exact) mass is 392 g/mol. The Morgan fingerprint density at radius 1 is 1.19 bits per heavy atom. The van der Waals surface area contributed by atoms with E-state index in [9.17, 15) is 9.59 Å². The number of anilines is 1. The van der Waals surface area contributed by atoms with E-state index in [1.807, 2.05) is 25.5 Å². The van der Waals surface area contributed by atoms with Crippen LogP contribution in [0.15, 0.2) is 0 Å². The lowest BCUT2D eigenvalue weighted by Gasteiger charge is -2.39. The van der Waals surface area contributed by atoms with Gasteiger partial charge in [0.15, 0.2) is 0 Å². The van der Waals surface area contributed by atoms with Gasteiger partial charge in [-0.25, -0.2) is 4.68 Å². The Labute approximate surface area is 166 Å². The van der Waals surface area contributed by atoms with Crippen molar-refractivity contribution in [2.45, 2.75) is 83.9 Å². The van der Waals surface area contributed by atoms with Crippen molar-refractivity contribution in [2.24, 2.45) is 11.3 Å². The molecular weight excluding hydrogens is 360 g/mol. The molecule has 3 rings (SSSR count). The van der Waals surface area contributed by atoms with Crippen molar-refractivity contribution in [2.75, 3.05) is 5.32 Å². The predicted molar refractivity (Wildman–Crippen MR) is 110 cm³/mol. The van der Waals surface area contributed by atoms with Gasteiger partial charge in [0.05, 0.1) is 11.2 Å². The molecule has 0 bridgehead atoms. The molecule has 2 aliphatic rings. The highest BCUT2D eigenvalue weighted by molar-refractivity contribution is 7.98. The zero-order valence-corrected chi connectivity index (χ0v) is 18.1. The molecule has 1 aromatic rings. The number of hydrogen-bond donors (Lipinski definition) is 2. The summed E-state index contributed by atoms with van der Waals surface area (Å²) in [5.74, 6) is 1.73. The Hall–Kier alpha value is -1.50. The van der Waals surface area contributed by atoms with Crippen molar-refractivity contribution in [1.82, 2.24) is 15.1 Å². The summed E-state index contributed by atoms with van der Waals surface area (Å²) in [7, 11) is 0. The quantitative estimate of drug-likeness (QED) is 0.753. The van der Waals surface area contributed by atoms with E-state index in [0.29, 0.717) is 11.7 Å². The average molecular weight is 393 g/mol. The van der Waals surface area contributed by atoms with Gasteiger partial charge in [-0.3, -0.25) is 9.59 Å². The van der Waals surface area contributed by atoms with Crippen molar-refractivity contribution in [1.29, 1.82) is 0 Å². The number of carbonyl (C=O) groups excluding carboxylic acids is 2. The first kappa shape index (κ1) is 20.2. The van der Waals surface area contributed by atoms with Crippen LogP contribution in [0, 0.1) is 11.3 Å². The van der Waals surface area contributed by atoms with Crippen molar-refractivity contribution in [3.63, 3.8) is 0 Å². The SMILES string of the molecule is C[C@H]1C[C@H](NC(=O)C(=O)Nc2c3c(nn2C(C)(C)C)CSC3)CC(C)(C)C1. The first-order chi connectivity index (χ1) is 12.5. The number of thioether (sulfide) groups is 1. The van der Waals surface area contributed by atoms with E-state index in [1.54, 1.807) is 11.8 Å². The third-order valence-electron chi connectivity index (χ3n) is 5.35. The van der Waals surface area contributed by atoms with Crippen LogP contribution in [0.4, 0.5) is 5.82 Å². The molecule has 0 saturated heterocycles. The van der Waals surface area contributed by atoms with E-state index in [-0.39, 0.29) is 17.0 Å². The fourth-order valence-electron chi connectivity index (χ4n) is 4.50. The van der Waals surface area contributed by atoms with Crippen LogP contribution >= 0.6 is 11.8 Å². The third-order valence-corrected chi connectivity index (χ3v) is 6.32. The van der Waals surface area contributed by atoms with Gasteiger partial charge < -0.3 is 10.6 Å². The van der Waals surface area contributed by atoms with Gasteiger partial charge in [0.25, 0.3) is 0 Å². The van der Waals surface area contributed by atoms with Crippen molar-refractivity contribution < 1.29 is 9.59 Å². The Bertz CT molecular complexity index is 748. The summed E-state index contributed by atoms with van der Waals surface area (Å²) in [6, 6.07) is 0.0517. The Morgan fingerprint density at radius 3 is 2.52 bits per heavy atom. The van der Waals surface area contributed by atoms with Crippen LogP contribution in [0.3, 0.4) is 0 Å². The molecule has 2 amide bonds. The highest BCUT2D eigenvalue weighted by Crippen LogP contribution is 2.39. The van der Waals surface area contributed by atoms with Gasteiger partial charge in [-0.05, 0) is 51.4 Å². The number of nitrogens with zero attached hydrogens (tertiary/aromatic N) is 2. The molecule has 27 heavy (non-hydrogen) atoms. The number of hydrogen-bond acceptors (Lipinski definition) is 4. The van der Waals surface area contributed by atoms with E-state index in [0.717, 1.165) is 42.0 Å². The molecule has 2 atom stereocenters. The Kier molecular flexibility index (Phi) is 5.36. The van der Waals surface area contributed by atoms with Crippen LogP contribution in [-0.4, -0.2) is 27.6 Å². The number of carbonyl (C=O) groups is 2. The smallest absolute Gasteiger partial charge is 0.314 e. The van der Waals surface area contributed by atoms with E-state index >= 15 is 0 Å². The lowest BCUT2D eigenvalue weighted by Crippen LogP contribution is -2.47. The summed E-state index contributed by atoms with van der Waals surface area (Å²) in [6.07, 6.45) is 2.98. The maximum absolute atomic E-state index is 12.6. The molecular formula is C20H32N4O2S. The second-order valence-corrected chi connectivity index (χ2v) is 10.9. The molecule has 1 aliphatic heterocycles. The number of amides is 2. The first-order valence-corrected chi connectivity index (χ1v) is 10.9. The van der Waals surface area contributed by atoms with Gasteiger partial charge in [0.1, 0.15) is 5.82 Å². The Balaban J connectivity index is 1.72. The largest absolute Gasteiger partial charge is 0.345 e. The first-order valence-electron chi connectivity index (χ1n) is 9.77. The van der Waals surface area contributed by atoms with Gasteiger partial charge in [-0.15, -0.1) is 0 Å². The molecule has 0 aromatic carbocycles. The van der Waals surface area contributed by atoms with Crippen LogP contribution in [0.5, 0.6) is 0 Å². The standard InChI is InChI=1S/C20H32N4O2S/c1-12-7-13(9-20(5,6)8-12)21-17(25)18(26)22-16-14-10-27-11-15(14)23-24(16)19(2,3)4/h12-13H,7-11H2,1-6H3,(H,21,25)(H,22,26)/t12-,13-/m0/s1. The molecule has 2 heterocycles. The molecule has 150 valence electrons. The molecule has 0 radical (unpaired) electrons. The minimum Gasteiger partial charge on any atom is -0.345 e. The van der Waals surface area contributed by atoms with Gasteiger partial charge in [-0.1, -0.05) is 20.8 Å². The summed E-state index contributed by atoms with van der Waals surface area (Å²) in [6.45, 7) is 12.8. The van der Waals surface area contributed by atoms with E-state index in [1.165, 1.54) is 0 Å². The van der Waals surface area contributed by atoms with Gasteiger partial charge in [0, 0.05) is 23.1 Å². The normalized spacial score (nSPS) is 24.4. The van der Waals surface area contributed by atoms with Crippen LogP contribution in [0.1, 0.15) is 72.1 Å². The molecule has 0 spiro atoms. The molecule has 1 saturated carbocycles. The fourth-order valence-corrected chi connectivity index (χ4v) is 5.53. The summed E-state index contributed by atoms with van der Waals surface area (Å²) in [5, 5.41) is 10.5. The van der Waals surface area contributed by atoms with E-state index < -0.39 is 11.8 Å².